The summed E-state index contributed by atoms with van der Waals surface area (Å²) in [6, 6.07) is 5.37. The van der Waals surface area contributed by atoms with Crippen LogP contribution in [0.4, 0.5) is 0 Å². The van der Waals surface area contributed by atoms with Crippen LogP contribution in [0.2, 0.25) is 10.0 Å². The van der Waals surface area contributed by atoms with Crippen LogP contribution in [0, 0.1) is 0 Å². The molecule has 96 valence electrons. The van der Waals surface area contributed by atoms with Crippen molar-refractivity contribution < 1.29 is 5.11 Å². The van der Waals surface area contributed by atoms with Crippen LogP contribution in [0.3, 0.4) is 0 Å². The summed E-state index contributed by atoms with van der Waals surface area (Å²) in [7, 11) is 0. The second-order valence-corrected chi connectivity index (χ2v) is 5.20. The van der Waals surface area contributed by atoms with E-state index in [4.69, 9.17) is 28.9 Å². The van der Waals surface area contributed by atoms with Gasteiger partial charge < -0.3 is 10.8 Å². The predicted molar refractivity (Wildman–Crippen MR) is 73.8 cm³/mol. The first-order valence-corrected chi connectivity index (χ1v) is 6.60. The summed E-state index contributed by atoms with van der Waals surface area (Å²) >= 11 is 12.1. The van der Waals surface area contributed by atoms with Gasteiger partial charge in [-0.15, -0.1) is 0 Å². The highest BCUT2D eigenvalue weighted by Gasteiger charge is 2.19. The third-order valence-corrected chi connectivity index (χ3v) is 3.91. The van der Waals surface area contributed by atoms with Crippen molar-refractivity contribution in [2.24, 2.45) is 5.73 Å². The van der Waals surface area contributed by atoms with Crippen LogP contribution < -0.4 is 5.73 Å². The molecule has 0 aromatic heterocycles. The molecule has 3 unspecified atom stereocenters. The molecule has 3 N–H and O–H groups in total. The van der Waals surface area contributed by atoms with E-state index in [1.165, 1.54) is 0 Å². The summed E-state index contributed by atoms with van der Waals surface area (Å²) < 4.78 is 0. The molecule has 0 saturated heterocycles. The van der Waals surface area contributed by atoms with Gasteiger partial charge in [0.1, 0.15) is 0 Å². The fraction of sp³-hybridized carbons (Fsp3) is 0.538. The number of aliphatic hydroxyl groups excluding tert-OH is 1. The van der Waals surface area contributed by atoms with Gasteiger partial charge in [-0.1, -0.05) is 49.2 Å². The van der Waals surface area contributed by atoms with Crippen LogP contribution in [-0.2, 0) is 0 Å². The lowest BCUT2D eigenvalue weighted by atomic mass is 9.92. The van der Waals surface area contributed by atoms with Crippen molar-refractivity contribution in [3.05, 3.63) is 33.8 Å². The molecule has 0 aliphatic carbocycles. The average Bonchev–Trinajstić information content (AvgIpc) is 2.31. The normalized spacial score (nSPS) is 16.6. The second-order valence-electron chi connectivity index (χ2n) is 4.42. The second kappa shape index (κ2) is 6.60. The Labute approximate surface area is 113 Å². The van der Waals surface area contributed by atoms with E-state index in [1.54, 1.807) is 6.07 Å². The van der Waals surface area contributed by atoms with Crippen LogP contribution in [0.5, 0.6) is 0 Å². The van der Waals surface area contributed by atoms with Gasteiger partial charge in [-0.25, -0.2) is 0 Å². The summed E-state index contributed by atoms with van der Waals surface area (Å²) in [5, 5.41) is 11.0. The van der Waals surface area contributed by atoms with Crippen LogP contribution in [0.25, 0.3) is 0 Å². The Bertz CT molecular complexity index is 370. The molecule has 2 nitrogen and oxygen atoms in total. The van der Waals surface area contributed by atoms with E-state index < -0.39 is 6.10 Å². The van der Waals surface area contributed by atoms with Gasteiger partial charge in [0.15, 0.2) is 0 Å². The molecule has 1 aromatic carbocycles. The maximum absolute atomic E-state index is 9.91. The summed E-state index contributed by atoms with van der Waals surface area (Å²) in [6.07, 6.45) is 0.844. The van der Waals surface area contributed by atoms with Crippen molar-refractivity contribution in [1.82, 2.24) is 0 Å². The molecule has 0 heterocycles. The van der Waals surface area contributed by atoms with Crippen LogP contribution in [-0.4, -0.2) is 17.3 Å². The Balaban J connectivity index is 2.76. The molecule has 0 amide bonds. The van der Waals surface area contributed by atoms with Gasteiger partial charge in [-0.05, 0) is 30.4 Å². The summed E-state index contributed by atoms with van der Waals surface area (Å²) in [6.45, 7) is 3.98. The van der Waals surface area contributed by atoms with Crippen molar-refractivity contribution in [1.29, 1.82) is 0 Å². The standard InChI is InChI=1S/C13H19Cl2NO/c1-3-11(16)12(17)7-8(2)9-5-4-6-10(14)13(9)15/h4-6,8,11-12,17H,3,7,16H2,1-2H3. The zero-order valence-electron chi connectivity index (χ0n) is 10.2. The molecule has 0 spiro atoms. The quantitative estimate of drug-likeness (QED) is 0.863. The molecule has 0 aliphatic heterocycles. The first-order valence-electron chi connectivity index (χ1n) is 5.84. The molecule has 0 aliphatic rings. The molecule has 0 fully saturated rings. The van der Waals surface area contributed by atoms with Crippen LogP contribution >= 0.6 is 23.2 Å². The minimum Gasteiger partial charge on any atom is -0.391 e. The molecule has 0 bridgehead atoms. The van der Waals surface area contributed by atoms with Crippen molar-refractivity contribution >= 4 is 23.2 Å². The summed E-state index contributed by atoms with van der Waals surface area (Å²) in [5.74, 6) is 0.133. The Hall–Kier alpha value is -0.280. The molecule has 1 aromatic rings. The zero-order chi connectivity index (χ0) is 13.0. The molecular weight excluding hydrogens is 257 g/mol. The highest BCUT2D eigenvalue weighted by molar-refractivity contribution is 6.42. The number of rotatable bonds is 5. The fourth-order valence-electron chi connectivity index (χ4n) is 1.84. The van der Waals surface area contributed by atoms with E-state index in [0.717, 1.165) is 12.0 Å². The number of nitrogens with two attached hydrogens (primary N) is 1. The Morgan fingerprint density at radius 1 is 1.35 bits per heavy atom. The summed E-state index contributed by atoms with van der Waals surface area (Å²) in [5.41, 5.74) is 6.76. The minimum atomic E-state index is -0.509. The Morgan fingerprint density at radius 2 is 2.00 bits per heavy atom. The zero-order valence-corrected chi connectivity index (χ0v) is 11.7. The lowest BCUT2D eigenvalue weighted by Crippen LogP contribution is -2.34. The highest BCUT2D eigenvalue weighted by atomic mass is 35.5. The molecule has 17 heavy (non-hydrogen) atoms. The average molecular weight is 276 g/mol. The van der Waals surface area contributed by atoms with E-state index in [2.05, 4.69) is 0 Å². The molecule has 4 heteroatoms. The van der Waals surface area contributed by atoms with Crippen LogP contribution in [0.15, 0.2) is 18.2 Å². The van der Waals surface area contributed by atoms with Gasteiger partial charge in [0.2, 0.25) is 0 Å². The van der Waals surface area contributed by atoms with Gasteiger partial charge in [-0.2, -0.15) is 0 Å². The first-order chi connectivity index (χ1) is 7.97. The van der Waals surface area contributed by atoms with Crippen molar-refractivity contribution in [3.8, 4) is 0 Å². The van der Waals surface area contributed by atoms with E-state index >= 15 is 0 Å². The molecule has 0 radical (unpaired) electrons. The Kier molecular flexibility index (Phi) is 5.74. The van der Waals surface area contributed by atoms with Crippen molar-refractivity contribution in [2.45, 2.75) is 44.8 Å². The third-order valence-electron chi connectivity index (χ3n) is 3.07. The van der Waals surface area contributed by atoms with Gasteiger partial charge in [0.05, 0.1) is 16.1 Å². The number of hydrogen-bond acceptors (Lipinski definition) is 2. The topological polar surface area (TPSA) is 46.2 Å². The van der Waals surface area contributed by atoms with Gasteiger partial charge >= 0.3 is 0 Å². The Morgan fingerprint density at radius 3 is 2.59 bits per heavy atom. The number of aliphatic hydroxyl groups is 1. The number of benzene rings is 1. The molecular formula is C13H19Cl2NO. The maximum Gasteiger partial charge on any atom is 0.0696 e. The van der Waals surface area contributed by atoms with Crippen molar-refractivity contribution in [3.63, 3.8) is 0 Å². The largest absolute Gasteiger partial charge is 0.391 e. The third kappa shape index (κ3) is 3.85. The SMILES string of the molecule is CCC(N)C(O)CC(C)c1cccc(Cl)c1Cl. The van der Waals surface area contributed by atoms with E-state index in [1.807, 2.05) is 26.0 Å². The molecule has 1 rings (SSSR count). The summed E-state index contributed by atoms with van der Waals surface area (Å²) in [4.78, 5) is 0. The molecule has 3 atom stereocenters. The fourth-order valence-corrected chi connectivity index (χ4v) is 2.33. The lowest BCUT2D eigenvalue weighted by Gasteiger charge is -2.22. The van der Waals surface area contributed by atoms with Crippen LogP contribution in [0.1, 0.15) is 38.2 Å². The van der Waals surface area contributed by atoms with Gasteiger partial charge in [-0.3, -0.25) is 0 Å². The van der Waals surface area contributed by atoms with E-state index in [0.29, 0.717) is 16.5 Å². The maximum atomic E-state index is 9.91. The van der Waals surface area contributed by atoms with E-state index in [9.17, 15) is 5.11 Å². The minimum absolute atomic E-state index is 0.133. The van der Waals surface area contributed by atoms with Gasteiger partial charge in [0, 0.05) is 6.04 Å². The monoisotopic (exact) mass is 275 g/mol. The number of hydrogen-bond donors (Lipinski definition) is 2. The predicted octanol–water partition coefficient (Wildman–Crippen LogP) is 3.59. The smallest absolute Gasteiger partial charge is 0.0696 e. The van der Waals surface area contributed by atoms with E-state index in [-0.39, 0.29) is 12.0 Å². The number of halogens is 2. The first kappa shape index (κ1) is 14.8. The van der Waals surface area contributed by atoms with Crippen molar-refractivity contribution in [2.75, 3.05) is 0 Å². The van der Waals surface area contributed by atoms with Gasteiger partial charge in [0.25, 0.3) is 0 Å². The lowest BCUT2D eigenvalue weighted by molar-refractivity contribution is 0.126. The highest BCUT2D eigenvalue weighted by Crippen LogP contribution is 2.33. The molecule has 0 saturated carbocycles.